The highest BCUT2D eigenvalue weighted by Crippen LogP contribution is 2.13. The SMILES string of the molecule is N#Cc1ccccc1NS. The third kappa shape index (κ3) is 1.23. The van der Waals surface area contributed by atoms with E-state index in [1.807, 2.05) is 18.2 Å². The van der Waals surface area contributed by atoms with Crippen LogP contribution in [0.2, 0.25) is 0 Å². The maximum Gasteiger partial charge on any atom is 0.101 e. The maximum absolute atomic E-state index is 8.53. The van der Waals surface area contributed by atoms with E-state index in [0.717, 1.165) is 5.69 Å². The van der Waals surface area contributed by atoms with Crippen LogP contribution in [0.25, 0.3) is 0 Å². The van der Waals surface area contributed by atoms with E-state index >= 15 is 0 Å². The molecule has 0 unspecified atom stereocenters. The molecule has 0 aliphatic rings. The average Bonchev–Trinajstić information content (AvgIpc) is 2.04. The molecule has 3 heteroatoms. The van der Waals surface area contributed by atoms with Gasteiger partial charge in [0.1, 0.15) is 6.07 Å². The van der Waals surface area contributed by atoms with Crippen LogP contribution in [-0.4, -0.2) is 0 Å². The van der Waals surface area contributed by atoms with Crippen LogP contribution >= 0.6 is 12.8 Å². The van der Waals surface area contributed by atoms with Crippen molar-refractivity contribution in [3.63, 3.8) is 0 Å². The topological polar surface area (TPSA) is 35.8 Å². The van der Waals surface area contributed by atoms with Crippen LogP contribution in [0.3, 0.4) is 0 Å². The van der Waals surface area contributed by atoms with Crippen molar-refractivity contribution >= 4 is 18.5 Å². The normalized spacial score (nSPS) is 8.40. The van der Waals surface area contributed by atoms with Crippen molar-refractivity contribution in [3.8, 4) is 6.07 Å². The summed E-state index contributed by atoms with van der Waals surface area (Å²) < 4.78 is 2.62. The van der Waals surface area contributed by atoms with Gasteiger partial charge < -0.3 is 4.72 Å². The minimum absolute atomic E-state index is 0.609. The lowest BCUT2D eigenvalue weighted by atomic mass is 10.2. The van der Waals surface area contributed by atoms with Gasteiger partial charge in [-0.25, -0.2) is 0 Å². The van der Waals surface area contributed by atoms with Gasteiger partial charge >= 0.3 is 0 Å². The molecule has 50 valence electrons. The highest BCUT2D eigenvalue weighted by molar-refractivity contribution is 7.81. The molecule has 10 heavy (non-hydrogen) atoms. The number of hydrogen-bond donors (Lipinski definition) is 2. The van der Waals surface area contributed by atoms with Crippen molar-refractivity contribution < 1.29 is 0 Å². The van der Waals surface area contributed by atoms with E-state index in [9.17, 15) is 0 Å². The molecular formula is C7H6N2S. The lowest BCUT2D eigenvalue weighted by molar-refractivity contribution is 1.48. The molecule has 0 bridgehead atoms. The van der Waals surface area contributed by atoms with Crippen LogP contribution < -0.4 is 4.72 Å². The van der Waals surface area contributed by atoms with Gasteiger partial charge in [0.25, 0.3) is 0 Å². The first-order chi connectivity index (χ1) is 4.88. The summed E-state index contributed by atoms with van der Waals surface area (Å²) in [6.45, 7) is 0. The zero-order chi connectivity index (χ0) is 7.40. The van der Waals surface area contributed by atoms with E-state index in [4.69, 9.17) is 5.26 Å². The smallest absolute Gasteiger partial charge is 0.101 e. The van der Waals surface area contributed by atoms with E-state index in [1.54, 1.807) is 12.1 Å². The molecule has 0 atom stereocenters. The number of rotatable bonds is 1. The molecule has 1 aromatic carbocycles. The standard InChI is InChI=1S/C7H6N2S/c8-5-6-3-1-2-4-7(6)9-10/h1-4,9-10H. The van der Waals surface area contributed by atoms with E-state index in [-0.39, 0.29) is 0 Å². The van der Waals surface area contributed by atoms with Crippen LogP contribution in [0.1, 0.15) is 5.56 Å². The first-order valence-corrected chi connectivity index (χ1v) is 3.22. The van der Waals surface area contributed by atoms with Gasteiger partial charge in [0, 0.05) is 0 Å². The van der Waals surface area contributed by atoms with Gasteiger partial charge in [0.15, 0.2) is 0 Å². The number of nitriles is 1. The predicted octanol–water partition coefficient (Wildman–Crippen LogP) is 1.81. The number of hydrogen-bond acceptors (Lipinski definition) is 3. The first kappa shape index (κ1) is 6.97. The van der Waals surface area contributed by atoms with Crippen molar-refractivity contribution in [1.29, 1.82) is 5.26 Å². The van der Waals surface area contributed by atoms with Gasteiger partial charge in [0.05, 0.1) is 11.3 Å². The molecule has 0 spiro atoms. The first-order valence-electron chi connectivity index (χ1n) is 2.77. The van der Waals surface area contributed by atoms with Crippen molar-refractivity contribution in [2.45, 2.75) is 0 Å². The van der Waals surface area contributed by atoms with E-state index in [0.29, 0.717) is 5.56 Å². The van der Waals surface area contributed by atoms with E-state index in [2.05, 4.69) is 17.5 Å². The van der Waals surface area contributed by atoms with Gasteiger partial charge in [-0.15, -0.1) is 0 Å². The number of nitrogens with zero attached hydrogens (tertiary/aromatic N) is 1. The molecule has 1 aromatic rings. The van der Waals surface area contributed by atoms with Crippen molar-refractivity contribution in [2.75, 3.05) is 4.72 Å². The van der Waals surface area contributed by atoms with Crippen LogP contribution in [0.5, 0.6) is 0 Å². The lowest BCUT2D eigenvalue weighted by Crippen LogP contribution is -1.84. The number of para-hydroxylation sites is 1. The molecule has 0 aliphatic carbocycles. The minimum Gasteiger partial charge on any atom is -0.331 e. The van der Waals surface area contributed by atoms with Crippen molar-refractivity contribution in [1.82, 2.24) is 0 Å². The highest BCUT2D eigenvalue weighted by Gasteiger charge is 1.94. The zero-order valence-electron chi connectivity index (χ0n) is 5.20. The summed E-state index contributed by atoms with van der Waals surface area (Å²) in [6.07, 6.45) is 0. The Hall–Kier alpha value is -1.14. The van der Waals surface area contributed by atoms with Crippen LogP contribution in [0.4, 0.5) is 5.69 Å². The summed E-state index contributed by atoms with van der Waals surface area (Å²) in [5.74, 6) is 0. The Morgan fingerprint density at radius 1 is 1.40 bits per heavy atom. The molecule has 1 N–H and O–H groups in total. The number of benzene rings is 1. The molecule has 0 aromatic heterocycles. The number of nitrogens with one attached hydrogen (secondary N) is 1. The fourth-order valence-corrected chi connectivity index (χ4v) is 0.873. The molecule has 0 radical (unpaired) electrons. The van der Waals surface area contributed by atoms with Gasteiger partial charge in [0.2, 0.25) is 0 Å². The second-order valence-corrected chi connectivity index (χ2v) is 1.99. The molecule has 0 heterocycles. The second-order valence-electron chi connectivity index (χ2n) is 1.77. The zero-order valence-corrected chi connectivity index (χ0v) is 6.10. The third-order valence-electron chi connectivity index (χ3n) is 1.17. The Labute approximate surface area is 65.0 Å². The van der Waals surface area contributed by atoms with Gasteiger partial charge in [-0.1, -0.05) is 24.9 Å². The molecule has 0 saturated carbocycles. The molecule has 1 rings (SSSR count). The highest BCUT2D eigenvalue weighted by atomic mass is 32.1. The fourth-order valence-electron chi connectivity index (χ4n) is 0.678. The summed E-state index contributed by atoms with van der Waals surface area (Å²) in [5, 5.41) is 8.53. The fraction of sp³-hybridized carbons (Fsp3) is 0. The summed E-state index contributed by atoms with van der Waals surface area (Å²) >= 11 is 3.83. The monoisotopic (exact) mass is 150 g/mol. The quantitative estimate of drug-likeness (QED) is 0.599. The average molecular weight is 150 g/mol. The van der Waals surface area contributed by atoms with Crippen LogP contribution in [-0.2, 0) is 0 Å². The van der Waals surface area contributed by atoms with Gasteiger partial charge in [-0.05, 0) is 12.1 Å². The summed E-state index contributed by atoms with van der Waals surface area (Å²) in [7, 11) is 0. The van der Waals surface area contributed by atoms with Crippen LogP contribution in [0.15, 0.2) is 24.3 Å². The van der Waals surface area contributed by atoms with E-state index < -0.39 is 0 Å². The maximum atomic E-state index is 8.53. The molecule has 0 amide bonds. The summed E-state index contributed by atoms with van der Waals surface area (Å²) in [4.78, 5) is 0. The number of anilines is 1. The molecular weight excluding hydrogens is 144 g/mol. The van der Waals surface area contributed by atoms with Gasteiger partial charge in [-0.3, -0.25) is 0 Å². The molecule has 2 nitrogen and oxygen atoms in total. The predicted molar refractivity (Wildman–Crippen MR) is 43.8 cm³/mol. The second kappa shape index (κ2) is 3.14. The Kier molecular flexibility index (Phi) is 2.19. The Balaban J connectivity index is 3.12. The van der Waals surface area contributed by atoms with Gasteiger partial charge in [-0.2, -0.15) is 5.26 Å². The third-order valence-corrected chi connectivity index (χ3v) is 1.41. The lowest BCUT2D eigenvalue weighted by Gasteiger charge is -1.98. The van der Waals surface area contributed by atoms with Crippen molar-refractivity contribution in [3.05, 3.63) is 29.8 Å². The number of thiol groups is 1. The Bertz CT molecular complexity index is 265. The minimum atomic E-state index is 0.609. The summed E-state index contributed by atoms with van der Waals surface area (Å²) in [6, 6.07) is 9.23. The Morgan fingerprint density at radius 3 is 2.60 bits per heavy atom. The van der Waals surface area contributed by atoms with E-state index in [1.165, 1.54) is 0 Å². The summed E-state index contributed by atoms with van der Waals surface area (Å²) in [5.41, 5.74) is 1.35. The van der Waals surface area contributed by atoms with Crippen molar-refractivity contribution in [2.24, 2.45) is 0 Å². The molecule has 0 fully saturated rings. The van der Waals surface area contributed by atoms with Crippen LogP contribution in [0, 0.1) is 11.3 Å². The largest absolute Gasteiger partial charge is 0.331 e. The molecule has 0 aliphatic heterocycles. The Morgan fingerprint density at radius 2 is 2.10 bits per heavy atom. The molecule has 0 saturated heterocycles.